The molecule has 1 aliphatic carbocycles. The van der Waals surface area contributed by atoms with E-state index in [1.807, 2.05) is 12.4 Å². The molecule has 1 saturated heterocycles. The molecule has 110 valence electrons. The Bertz CT molecular complexity index is 462. The second-order valence-corrected chi connectivity index (χ2v) is 7.32. The second kappa shape index (κ2) is 5.32. The summed E-state index contributed by atoms with van der Waals surface area (Å²) in [6.07, 6.45) is 7.68. The molecule has 0 bridgehead atoms. The number of nitrogens with zero attached hydrogens (tertiary/aromatic N) is 3. The molecular weight excluding hydrogens is 248 g/mol. The van der Waals surface area contributed by atoms with Crippen LogP contribution >= 0.6 is 0 Å². The normalized spacial score (nSPS) is 23.4. The zero-order valence-corrected chi connectivity index (χ0v) is 12.9. The SMILES string of the molecule is CC(C)(C)C1CCN(c2cncc(CNC3CC3)n2)C1. The van der Waals surface area contributed by atoms with Gasteiger partial charge in [0.25, 0.3) is 0 Å². The van der Waals surface area contributed by atoms with Gasteiger partial charge in [0.2, 0.25) is 0 Å². The Morgan fingerprint density at radius 1 is 1.25 bits per heavy atom. The van der Waals surface area contributed by atoms with Crippen LogP contribution in [-0.4, -0.2) is 29.1 Å². The third-order valence-electron chi connectivity index (χ3n) is 4.56. The first-order valence-electron chi connectivity index (χ1n) is 7.81. The fourth-order valence-corrected chi connectivity index (χ4v) is 2.84. The molecular formula is C16H26N4. The van der Waals surface area contributed by atoms with Crippen molar-refractivity contribution in [2.24, 2.45) is 11.3 Å². The molecule has 2 aliphatic rings. The van der Waals surface area contributed by atoms with Crippen LogP contribution < -0.4 is 10.2 Å². The van der Waals surface area contributed by atoms with E-state index in [0.29, 0.717) is 5.41 Å². The van der Waals surface area contributed by atoms with Crippen molar-refractivity contribution in [2.45, 2.75) is 52.6 Å². The first kappa shape index (κ1) is 13.8. The topological polar surface area (TPSA) is 41.1 Å². The predicted molar refractivity (Wildman–Crippen MR) is 81.7 cm³/mol. The molecule has 0 spiro atoms. The third-order valence-corrected chi connectivity index (χ3v) is 4.56. The van der Waals surface area contributed by atoms with Gasteiger partial charge in [0.05, 0.1) is 11.9 Å². The highest BCUT2D eigenvalue weighted by molar-refractivity contribution is 5.38. The lowest BCUT2D eigenvalue weighted by Gasteiger charge is -2.27. The van der Waals surface area contributed by atoms with Crippen LogP contribution in [0.4, 0.5) is 5.82 Å². The van der Waals surface area contributed by atoms with E-state index in [1.165, 1.54) is 19.3 Å². The van der Waals surface area contributed by atoms with E-state index >= 15 is 0 Å². The monoisotopic (exact) mass is 274 g/mol. The molecule has 1 aliphatic heterocycles. The van der Waals surface area contributed by atoms with Crippen LogP contribution in [0.25, 0.3) is 0 Å². The van der Waals surface area contributed by atoms with Crippen molar-refractivity contribution in [3.05, 3.63) is 18.1 Å². The lowest BCUT2D eigenvalue weighted by molar-refractivity contribution is 0.263. The van der Waals surface area contributed by atoms with E-state index in [0.717, 1.165) is 43.1 Å². The lowest BCUT2D eigenvalue weighted by Crippen LogP contribution is -2.27. The first-order valence-corrected chi connectivity index (χ1v) is 7.81. The number of hydrogen-bond donors (Lipinski definition) is 1. The Balaban J connectivity index is 1.63. The van der Waals surface area contributed by atoms with Crippen molar-refractivity contribution in [3.8, 4) is 0 Å². The predicted octanol–water partition coefficient (Wildman–Crippen LogP) is 2.60. The summed E-state index contributed by atoms with van der Waals surface area (Å²) in [4.78, 5) is 11.5. The van der Waals surface area contributed by atoms with Gasteiger partial charge in [-0.1, -0.05) is 20.8 Å². The molecule has 1 unspecified atom stereocenters. The van der Waals surface area contributed by atoms with E-state index in [2.05, 4.69) is 36.0 Å². The second-order valence-electron chi connectivity index (χ2n) is 7.32. The van der Waals surface area contributed by atoms with Gasteiger partial charge in [-0.3, -0.25) is 4.98 Å². The Morgan fingerprint density at radius 2 is 2.05 bits per heavy atom. The summed E-state index contributed by atoms with van der Waals surface area (Å²) in [5.74, 6) is 1.80. The number of nitrogens with one attached hydrogen (secondary N) is 1. The number of anilines is 1. The highest BCUT2D eigenvalue weighted by Crippen LogP contribution is 2.34. The van der Waals surface area contributed by atoms with E-state index in [-0.39, 0.29) is 0 Å². The Morgan fingerprint density at radius 3 is 2.70 bits per heavy atom. The summed E-state index contributed by atoms with van der Waals surface area (Å²) >= 11 is 0. The van der Waals surface area contributed by atoms with Crippen LogP contribution in [0, 0.1) is 11.3 Å². The minimum atomic E-state index is 0.382. The van der Waals surface area contributed by atoms with E-state index in [4.69, 9.17) is 4.98 Å². The summed E-state index contributed by atoms with van der Waals surface area (Å²) in [5.41, 5.74) is 1.45. The minimum Gasteiger partial charge on any atom is -0.355 e. The third kappa shape index (κ3) is 3.29. The lowest BCUT2D eigenvalue weighted by atomic mass is 9.80. The molecule has 1 aromatic heterocycles. The molecule has 3 rings (SSSR count). The quantitative estimate of drug-likeness (QED) is 0.916. The van der Waals surface area contributed by atoms with Crippen LogP contribution in [0.1, 0.15) is 45.7 Å². The molecule has 2 heterocycles. The van der Waals surface area contributed by atoms with Crippen LogP contribution in [0.3, 0.4) is 0 Å². The Hall–Kier alpha value is -1.16. The highest BCUT2D eigenvalue weighted by Gasteiger charge is 2.32. The van der Waals surface area contributed by atoms with Crippen molar-refractivity contribution in [3.63, 3.8) is 0 Å². The van der Waals surface area contributed by atoms with Crippen LogP contribution in [0.2, 0.25) is 0 Å². The standard InChI is InChI=1S/C16H26N4/c1-16(2,3)12-6-7-20(11-12)15-10-17-8-14(19-15)9-18-13-4-5-13/h8,10,12-13,18H,4-7,9,11H2,1-3H3. The van der Waals surface area contributed by atoms with Crippen LogP contribution in [0.15, 0.2) is 12.4 Å². The van der Waals surface area contributed by atoms with Gasteiger partial charge in [0, 0.05) is 31.9 Å². The van der Waals surface area contributed by atoms with Gasteiger partial charge in [-0.25, -0.2) is 4.98 Å². The fraction of sp³-hybridized carbons (Fsp3) is 0.750. The van der Waals surface area contributed by atoms with Crippen molar-refractivity contribution >= 4 is 5.82 Å². The summed E-state index contributed by atoms with van der Waals surface area (Å²) < 4.78 is 0. The first-order chi connectivity index (χ1) is 9.52. The molecule has 1 saturated carbocycles. The fourth-order valence-electron chi connectivity index (χ4n) is 2.84. The van der Waals surface area contributed by atoms with Crippen molar-refractivity contribution in [1.82, 2.24) is 15.3 Å². The molecule has 1 N–H and O–H groups in total. The van der Waals surface area contributed by atoms with Crippen molar-refractivity contribution in [1.29, 1.82) is 0 Å². The summed E-state index contributed by atoms with van der Waals surface area (Å²) in [6, 6.07) is 0.720. The molecule has 0 amide bonds. The van der Waals surface area contributed by atoms with Gasteiger partial charge >= 0.3 is 0 Å². The number of hydrogen-bond acceptors (Lipinski definition) is 4. The van der Waals surface area contributed by atoms with E-state index in [1.54, 1.807) is 0 Å². The number of rotatable bonds is 4. The largest absolute Gasteiger partial charge is 0.355 e. The highest BCUT2D eigenvalue weighted by atomic mass is 15.2. The molecule has 4 nitrogen and oxygen atoms in total. The molecule has 0 aromatic carbocycles. The molecule has 20 heavy (non-hydrogen) atoms. The maximum atomic E-state index is 4.77. The summed E-state index contributed by atoms with van der Waals surface area (Å²) in [7, 11) is 0. The minimum absolute atomic E-state index is 0.382. The van der Waals surface area contributed by atoms with Gasteiger partial charge in [-0.2, -0.15) is 0 Å². The van der Waals surface area contributed by atoms with E-state index in [9.17, 15) is 0 Å². The molecule has 0 radical (unpaired) electrons. The Labute approximate surface area is 122 Å². The Kier molecular flexibility index (Phi) is 3.67. The van der Waals surface area contributed by atoms with Gasteiger partial charge in [-0.15, -0.1) is 0 Å². The van der Waals surface area contributed by atoms with Crippen molar-refractivity contribution in [2.75, 3.05) is 18.0 Å². The van der Waals surface area contributed by atoms with Gasteiger partial charge in [0.1, 0.15) is 5.82 Å². The van der Waals surface area contributed by atoms with E-state index < -0.39 is 0 Å². The van der Waals surface area contributed by atoms with Crippen LogP contribution in [0.5, 0.6) is 0 Å². The molecule has 1 aromatic rings. The average Bonchev–Trinajstić information content (AvgIpc) is 3.09. The van der Waals surface area contributed by atoms with Gasteiger partial charge in [-0.05, 0) is 30.6 Å². The molecule has 1 atom stereocenters. The van der Waals surface area contributed by atoms with Gasteiger partial charge in [0.15, 0.2) is 0 Å². The van der Waals surface area contributed by atoms with Crippen LogP contribution in [-0.2, 0) is 6.54 Å². The van der Waals surface area contributed by atoms with Crippen molar-refractivity contribution < 1.29 is 0 Å². The maximum Gasteiger partial charge on any atom is 0.147 e. The smallest absolute Gasteiger partial charge is 0.147 e. The number of aromatic nitrogens is 2. The maximum absolute atomic E-state index is 4.77. The zero-order valence-electron chi connectivity index (χ0n) is 12.9. The average molecular weight is 274 g/mol. The van der Waals surface area contributed by atoms with Gasteiger partial charge < -0.3 is 10.2 Å². The zero-order chi connectivity index (χ0) is 14.2. The molecule has 4 heteroatoms. The molecule has 2 fully saturated rings. The summed E-state index contributed by atoms with van der Waals surface area (Å²) in [6.45, 7) is 10.1. The summed E-state index contributed by atoms with van der Waals surface area (Å²) in [5, 5.41) is 3.50.